The smallest absolute Gasteiger partial charge is 0.140 e. The second kappa shape index (κ2) is 1.77. The van der Waals surface area contributed by atoms with Crippen LogP contribution in [-0.2, 0) is 4.74 Å². The summed E-state index contributed by atoms with van der Waals surface area (Å²) < 4.78 is 5.12. The Morgan fingerprint density at radius 2 is 2.67 bits per heavy atom. The van der Waals surface area contributed by atoms with Crippen LogP contribution in [0.1, 0.15) is 0 Å². The van der Waals surface area contributed by atoms with Gasteiger partial charge in [-0.25, -0.2) is 5.01 Å². The van der Waals surface area contributed by atoms with Gasteiger partial charge in [-0.05, 0) is 12.2 Å². The minimum absolute atomic E-state index is 0.607. The van der Waals surface area contributed by atoms with E-state index in [0.717, 1.165) is 5.70 Å². The highest BCUT2D eigenvalue weighted by molar-refractivity contribution is 5.16. The van der Waals surface area contributed by atoms with Crippen LogP contribution in [0.25, 0.3) is 0 Å². The van der Waals surface area contributed by atoms with Crippen LogP contribution in [0.15, 0.2) is 24.0 Å². The molecule has 47 valence electrons. The number of hydrogen-bond donors (Lipinski definition) is 0. The molecule has 9 heavy (non-hydrogen) atoms. The van der Waals surface area contributed by atoms with Crippen LogP contribution >= 0.6 is 0 Å². The van der Waals surface area contributed by atoms with Gasteiger partial charge in [-0.2, -0.15) is 5.43 Å². The van der Waals surface area contributed by atoms with Gasteiger partial charge >= 0.3 is 0 Å². The molecule has 3 nitrogen and oxygen atoms in total. The molecule has 2 aliphatic rings. The quantitative estimate of drug-likeness (QED) is 0.460. The third kappa shape index (κ3) is 0.695. The van der Waals surface area contributed by atoms with E-state index in [1.807, 2.05) is 17.2 Å². The fourth-order valence-electron chi connectivity index (χ4n) is 0.909. The number of hydrogen-bond acceptors (Lipinski definition) is 2. The van der Waals surface area contributed by atoms with Crippen molar-refractivity contribution < 1.29 is 4.74 Å². The molecule has 1 fully saturated rings. The summed E-state index contributed by atoms with van der Waals surface area (Å²) in [5.74, 6) is 0. The summed E-state index contributed by atoms with van der Waals surface area (Å²) in [6, 6.07) is 0. The molecule has 0 amide bonds. The molecular weight excluding hydrogens is 116 g/mol. The molecule has 0 aliphatic carbocycles. The van der Waals surface area contributed by atoms with Gasteiger partial charge in [0.05, 0.1) is 12.3 Å². The molecular formula is C6H7N2O. The maximum absolute atomic E-state index is 5.12. The van der Waals surface area contributed by atoms with Gasteiger partial charge in [-0.3, -0.25) is 0 Å². The Kier molecular flexibility index (Phi) is 0.960. The van der Waals surface area contributed by atoms with E-state index < -0.39 is 0 Å². The molecule has 1 saturated heterocycles. The fraction of sp³-hybridized carbons (Fsp3) is 0.333. The number of ether oxygens (including phenoxy) is 1. The van der Waals surface area contributed by atoms with Crippen molar-refractivity contribution in [1.82, 2.24) is 10.4 Å². The van der Waals surface area contributed by atoms with Gasteiger partial charge in [0.15, 0.2) is 0 Å². The van der Waals surface area contributed by atoms with Gasteiger partial charge in [0, 0.05) is 6.20 Å². The Labute approximate surface area is 53.6 Å². The Hall–Kier alpha value is -0.960. The van der Waals surface area contributed by atoms with E-state index in [-0.39, 0.29) is 0 Å². The minimum Gasteiger partial charge on any atom is -0.353 e. The van der Waals surface area contributed by atoms with Crippen LogP contribution in [0.5, 0.6) is 0 Å². The van der Waals surface area contributed by atoms with Crippen molar-refractivity contribution in [3.05, 3.63) is 24.0 Å². The van der Waals surface area contributed by atoms with Crippen molar-refractivity contribution in [1.29, 1.82) is 0 Å². The number of nitrogens with zero attached hydrogens (tertiary/aromatic N) is 2. The molecule has 0 saturated carbocycles. The molecule has 0 spiro atoms. The van der Waals surface area contributed by atoms with E-state index in [0.29, 0.717) is 13.3 Å². The highest BCUT2D eigenvalue weighted by atomic mass is 16.5. The van der Waals surface area contributed by atoms with Gasteiger partial charge in [-0.1, -0.05) is 0 Å². The lowest BCUT2D eigenvalue weighted by Crippen LogP contribution is -2.25. The molecule has 0 unspecified atom stereocenters. The molecule has 3 heteroatoms. The second-order valence-corrected chi connectivity index (χ2v) is 1.99. The highest BCUT2D eigenvalue weighted by Gasteiger charge is 2.17. The highest BCUT2D eigenvalue weighted by Crippen LogP contribution is 2.13. The normalized spacial score (nSPS) is 23.1. The summed E-state index contributed by atoms with van der Waals surface area (Å²) in [5, 5.41) is 1.85. The molecule has 2 aliphatic heterocycles. The summed E-state index contributed by atoms with van der Waals surface area (Å²) in [5.41, 5.74) is 5.20. The van der Waals surface area contributed by atoms with E-state index in [1.165, 1.54) is 0 Å². The zero-order valence-electron chi connectivity index (χ0n) is 4.95. The Bertz CT molecular complexity index is 174. The Balaban J connectivity index is 2.23. The first kappa shape index (κ1) is 4.88. The summed E-state index contributed by atoms with van der Waals surface area (Å²) in [4.78, 5) is 0. The molecule has 1 radical (unpaired) electrons. The first-order valence-corrected chi connectivity index (χ1v) is 2.88. The van der Waals surface area contributed by atoms with Crippen molar-refractivity contribution in [2.45, 2.75) is 0 Å². The van der Waals surface area contributed by atoms with Gasteiger partial charge in [0.25, 0.3) is 0 Å². The van der Waals surface area contributed by atoms with E-state index >= 15 is 0 Å². The van der Waals surface area contributed by atoms with Crippen molar-refractivity contribution in [3.63, 3.8) is 0 Å². The molecule has 0 aromatic heterocycles. The van der Waals surface area contributed by atoms with Crippen molar-refractivity contribution >= 4 is 0 Å². The first-order valence-electron chi connectivity index (χ1n) is 2.88. The standard InChI is InChI=1S/C6H7N2O/c1-2-6-4-9-5-8(6)7-3-1/h1-3H,4-5H2. The molecule has 0 aromatic rings. The maximum atomic E-state index is 5.12. The van der Waals surface area contributed by atoms with Gasteiger partial charge in [0.2, 0.25) is 0 Å². The predicted molar refractivity (Wildman–Crippen MR) is 32.0 cm³/mol. The number of fused-ring (bicyclic) bond motifs is 1. The van der Waals surface area contributed by atoms with Gasteiger partial charge in [0.1, 0.15) is 6.73 Å². The SMILES string of the molecule is C1=C[N]N2COCC2=C1. The van der Waals surface area contributed by atoms with Gasteiger partial charge in [-0.15, -0.1) is 0 Å². The average molecular weight is 123 g/mol. The van der Waals surface area contributed by atoms with E-state index in [9.17, 15) is 0 Å². The Morgan fingerprint density at radius 1 is 1.67 bits per heavy atom. The fourth-order valence-corrected chi connectivity index (χ4v) is 0.909. The third-order valence-electron chi connectivity index (χ3n) is 1.38. The summed E-state index contributed by atoms with van der Waals surface area (Å²) >= 11 is 0. The number of rotatable bonds is 0. The summed E-state index contributed by atoms with van der Waals surface area (Å²) in [7, 11) is 0. The summed E-state index contributed by atoms with van der Waals surface area (Å²) in [6.45, 7) is 1.31. The van der Waals surface area contributed by atoms with Crippen LogP contribution in [0.2, 0.25) is 0 Å². The topological polar surface area (TPSA) is 26.6 Å². The lowest BCUT2D eigenvalue weighted by Gasteiger charge is -2.15. The van der Waals surface area contributed by atoms with Crippen molar-refractivity contribution in [2.75, 3.05) is 13.3 Å². The largest absolute Gasteiger partial charge is 0.353 e. The maximum Gasteiger partial charge on any atom is 0.140 e. The Morgan fingerprint density at radius 3 is 3.56 bits per heavy atom. The first-order chi connectivity index (χ1) is 4.47. The lowest BCUT2D eigenvalue weighted by atomic mass is 10.4. The monoisotopic (exact) mass is 123 g/mol. The zero-order chi connectivity index (χ0) is 6.10. The average Bonchev–Trinajstić information content (AvgIpc) is 2.33. The molecule has 0 N–H and O–H groups in total. The van der Waals surface area contributed by atoms with Crippen LogP contribution in [0.3, 0.4) is 0 Å². The van der Waals surface area contributed by atoms with Crippen LogP contribution < -0.4 is 5.43 Å². The van der Waals surface area contributed by atoms with E-state index in [1.54, 1.807) is 6.20 Å². The molecule has 2 heterocycles. The van der Waals surface area contributed by atoms with E-state index in [2.05, 4.69) is 5.43 Å². The molecule has 0 aromatic carbocycles. The van der Waals surface area contributed by atoms with Crippen molar-refractivity contribution in [3.8, 4) is 0 Å². The lowest BCUT2D eigenvalue weighted by molar-refractivity contribution is 0.122. The minimum atomic E-state index is 0.607. The van der Waals surface area contributed by atoms with E-state index in [4.69, 9.17) is 4.74 Å². The van der Waals surface area contributed by atoms with Crippen molar-refractivity contribution in [2.24, 2.45) is 0 Å². The molecule has 0 atom stereocenters. The molecule has 0 bridgehead atoms. The second-order valence-electron chi connectivity index (χ2n) is 1.99. The molecule has 2 rings (SSSR count). The van der Waals surface area contributed by atoms with Crippen LogP contribution in [-0.4, -0.2) is 18.3 Å². The van der Waals surface area contributed by atoms with Crippen LogP contribution in [0, 0.1) is 0 Å². The summed E-state index contributed by atoms with van der Waals surface area (Å²) in [6.07, 6.45) is 5.69. The predicted octanol–water partition coefficient (Wildman–Crippen LogP) is 0.207. The number of allylic oxidation sites excluding steroid dienone is 2. The van der Waals surface area contributed by atoms with Gasteiger partial charge < -0.3 is 4.74 Å². The van der Waals surface area contributed by atoms with Crippen LogP contribution in [0.4, 0.5) is 0 Å². The zero-order valence-corrected chi connectivity index (χ0v) is 4.95. The third-order valence-corrected chi connectivity index (χ3v) is 1.38.